The van der Waals surface area contributed by atoms with Gasteiger partial charge >= 0.3 is 0 Å². The van der Waals surface area contributed by atoms with Gasteiger partial charge in [-0.25, -0.2) is 0 Å². The lowest BCUT2D eigenvalue weighted by Gasteiger charge is -2.05. The number of hydrogen-bond acceptors (Lipinski definition) is 5. The molecule has 2 aromatic rings. The van der Waals surface area contributed by atoms with Crippen LogP contribution in [0.1, 0.15) is 30.8 Å². The Labute approximate surface area is 137 Å². The Morgan fingerprint density at radius 2 is 2.10 bits per heavy atom. The van der Waals surface area contributed by atoms with Crippen LogP contribution in [0, 0.1) is 12.8 Å². The third-order valence-electron chi connectivity index (χ3n) is 2.83. The van der Waals surface area contributed by atoms with Gasteiger partial charge in [-0.1, -0.05) is 25.2 Å². The van der Waals surface area contributed by atoms with Crippen molar-refractivity contribution < 1.29 is 0 Å². The molecule has 3 nitrogen and oxygen atoms in total. The number of hydrogen-bond donors (Lipinski definition) is 1. The zero-order valence-electron chi connectivity index (χ0n) is 12.1. The second-order valence-corrected chi connectivity index (χ2v) is 8.70. The first-order chi connectivity index (χ1) is 9.56. The van der Waals surface area contributed by atoms with Gasteiger partial charge in [-0.05, 0) is 59.9 Å². The second kappa shape index (κ2) is 7.64. The highest BCUT2D eigenvalue weighted by Gasteiger charge is 2.10. The van der Waals surface area contributed by atoms with E-state index >= 15 is 0 Å². The van der Waals surface area contributed by atoms with Crippen LogP contribution in [0.5, 0.6) is 0 Å². The molecule has 0 spiro atoms. The maximum Gasteiger partial charge on any atom is 0.157 e. The average Bonchev–Trinajstić information content (AvgIpc) is 2.97. The molecule has 0 saturated heterocycles. The van der Waals surface area contributed by atoms with Crippen LogP contribution in [0.2, 0.25) is 0 Å². The normalized spacial score (nSPS) is 11.4. The lowest BCUT2D eigenvalue weighted by atomic mass is 10.2. The molecule has 1 N–H and O–H groups in total. The molecule has 6 heteroatoms. The molecule has 0 aliphatic carbocycles. The van der Waals surface area contributed by atoms with Crippen molar-refractivity contribution in [3.8, 4) is 9.88 Å². The number of rotatable bonds is 7. The molecule has 20 heavy (non-hydrogen) atoms. The molecule has 0 saturated carbocycles. The quantitative estimate of drug-likeness (QED) is 0.725. The van der Waals surface area contributed by atoms with Gasteiger partial charge in [0.15, 0.2) is 5.01 Å². The number of aromatic nitrogens is 2. The minimum absolute atomic E-state index is 0.712. The fourth-order valence-electron chi connectivity index (χ4n) is 1.77. The van der Waals surface area contributed by atoms with Crippen molar-refractivity contribution >= 4 is 38.6 Å². The summed E-state index contributed by atoms with van der Waals surface area (Å²) in [4.78, 5) is 1.20. The van der Waals surface area contributed by atoms with E-state index in [1.165, 1.54) is 14.2 Å². The Kier molecular flexibility index (Phi) is 6.14. The summed E-state index contributed by atoms with van der Waals surface area (Å²) in [5, 5.41) is 14.2. The van der Waals surface area contributed by atoms with E-state index in [1.54, 1.807) is 22.7 Å². The van der Waals surface area contributed by atoms with Crippen molar-refractivity contribution in [1.82, 2.24) is 15.5 Å². The van der Waals surface area contributed by atoms with Crippen LogP contribution in [0.4, 0.5) is 0 Å². The highest BCUT2D eigenvalue weighted by atomic mass is 79.9. The fraction of sp³-hybridized carbons (Fsp3) is 0.571. The summed E-state index contributed by atoms with van der Waals surface area (Å²) >= 11 is 7.00. The summed E-state index contributed by atoms with van der Waals surface area (Å²) < 4.78 is 1.18. The lowest BCUT2D eigenvalue weighted by Crippen LogP contribution is -2.21. The molecule has 0 fully saturated rings. The van der Waals surface area contributed by atoms with Gasteiger partial charge in [0, 0.05) is 6.42 Å². The molecule has 0 aliphatic heterocycles. The minimum Gasteiger partial charge on any atom is -0.316 e. The van der Waals surface area contributed by atoms with Crippen LogP contribution < -0.4 is 5.32 Å². The highest BCUT2D eigenvalue weighted by Crippen LogP contribution is 2.36. The highest BCUT2D eigenvalue weighted by molar-refractivity contribution is 9.11. The maximum atomic E-state index is 4.31. The monoisotopic (exact) mass is 373 g/mol. The van der Waals surface area contributed by atoms with Crippen LogP contribution in [-0.2, 0) is 6.42 Å². The van der Waals surface area contributed by atoms with E-state index in [0.29, 0.717) is 5.92 Å². The third kappa shape index (κ3) is 4.62. The topological polar surface area (TPSA) is 37.8 Å². The number of nitrogens with one attached hydrogen (secondary N) is 1. The average molecular weight is 374 g/mol. The van der Waals surface area contributed by atoms with Gasteiger partial charge in [0.25, 0.3) is 0 Å². The lowest BCUT2D eigenvalue weighted by molar-refractivity contribution is 0.542. The van der Waals surface area contributed by atoms with Gasteiger partial charge in [0.1, 0.15) is 5.01 Å². The Morgan fingerprint density at radius 3 is 2.75 bits per heavy atom. The molecule has 110 valence electrons. The number of aryl methyl sites for hydroxylation is 2. The first-order valence-electron chi connectivity index (χ1n) is 6.85. The van der Waals surface area contributed by atoms with Crippen LogP contribution in [0.25, 0.3) is 9.88 Å². The fourth-order valence-corrected chi connectivity index (χ4v) is 4.23. The van der Waals surface area contributed by atoms with Crippen LogP contribution in [0.15, 0.2) is 9.85 Å². The van der Waals surface area contributed by atoms with E-state index in [-0.39, 0.29) is 0 Å². The van der Waals surface area contributed by atoms with Crippen molar-refractivity contribution in [3.05, 3.63) is 20.4 Å². The van der Waals surface area contributed by atoms with Gasteiger partial charge in [0.2, 0.25) is 0 Å². The SMILES string of the molecule is Cc1cc(-c2nnc(CCCNCC(C)C)s2)sc1Br. The van der Waals surface area contributed by atoms with E-state index in [9.17, 15) is 0 Å². The van der Waals surface area contributed by atoms with Gasteiger partial charge in [-0.2, -0.15) is 0 Å². The van der Waals surface area contributed by atoms with Crippen molar-refractivity contribution in [2.75, 3.05) is 13.1 Å². The van der Waals surface area contributed by atoms with Crippen molar-refractivity contribution in [3.63, 3.8) is 0 Å². The molecule has 0 amide bonds. The predicted octanol–water partition coefficient (Wildman–Crippen LogP) is 4.52. The number of thiophene rings is 1. The van der Waals surface area contributed by atoms with Crippen LogP contribution >= 0.6 is 38.6 Å². The van der Waals surface area contributed by atoms with Gasteiger partial charge in [-0.15, -0.1) is 21.5 Å². The summed E-state index contributed by atoms with van der Waals surface area (Å²) in [6.45, 7) is 8.70. The molecule has 2 aromatic heterocycles. The molecule has 0 unspecified atom stereocenters. The number of nitrogens with zero attached hydrogens (tertiary/aromatic N) is 2. The molecule has 0 aromatic carbocycles. The molecular formula is C14H20BrN3S2. The first-order valence-corrected chi connectivity index (χ1v) is 9.28. The standard InChI is InChI=1S/C14H20BrN3S2/c1-9(2)8-16-6-4-5-12-17-18-14(20-12)11-7-10(3)13(15)19-11/h7,9,16H,4-6,8H2,1-3H3. The Hall–Kier alpha value is -0.300. The summed E-state index contributed by atoms with van der Waals surface area (Å²) in [5.41, 5.74) is 1.26. The Bertz CT molecular complexity index is 529. The van der Waals surface area contributed by atoms with Gasteiger partial charge < -0.3 is 5.32 Å². The zero-order valence-corrected chi connectivity index (χ0v) is 15.3. The Morgan fingerprint density at radius 1 is 1.30 bits per heavy atom. The maximum absolute atomic E-state index is 4.31. The summed E-state index contributed by atoms with van der Waals surface area (Å²) in [6.07, 6.45) is 2.13. The smallest absolute Gasteiger partial charge is 0.157 e. The van der Waals surface area contributed by atoms with Crippen LogP contribution in [-0.4, -0.2) is 23.3 Å². The van der Waals surface area contributed by atoms with E-state index in [4.69, 9.17) is 0 Å². The van der Waals surface area contributed by atoms with E-state index in [0.717, 1.165) is 35.9 Å². The van der Waals surface area contributed by atoms with Gasteiger partial charge in [-0.3, -0.25) is 0 Å². The van der Waals surface area contributed by atoms with E-state index in [1.807, 2.05) is 0 Å². The summed E-state index contributed by atoms with van der Waals surface area (Å²) in [5.74, 6) is 0.712. The molecule has 2 rings (SSSR count). The minimum atomic E-state index is 0.712. The molecule has 0 atom stereocenters. The molecule has 2 heterocycles. The molecule has 0 radical (unpaired) electrons. The largest absolute Gasteiger partial charge is 0.316 e. The van der Waals surface area contributed by atoms with E-state index in [2.05, 4.69) is 58.3 Å². The number of halogens is 1. The first kappa shape index (κ1) is 16.1. The molecule has 0 aliphatic rings. The van der Waals surface area contributed by atoms with Crippen molar-refractivity contribution in [2.45, 2.75) is 33.6 Å². The Balaban J connectivity index is 1.83. The summed E-state index contributed by atoms with van der Waals surface area (Å²) in [7, 11) is 0. The predicted molar refractivity (Wildman–Crippen MR) is 91.7 cm³/mol. The van der Waals surface area contributed by atoms with Crippen LogP contribution in [0.3, 0.4) is 0 Å². The zero-order chi connectivity index (χ0) is 14.5. The second-order valence-electron chi connectivity index (χ2n) is 5.27. The molecular weight excluding hydrogens is 354 g/mol. The van der Waals surface area contributed by atoms with Gasteiger partial charge in [0.05, 0.1) is 8.66 Å². The third-order valence-corrected chi connectivity index (χ3v) is 6.12. The van der Waals surface area contributed by atoms with Crippen molar-refractivity contribution in [2.24, 2.45) is 5.92 Å². The van der Waals surface area contributed by atoms with E-state index < -0.39 is 0 Å². The summed E-state index contributed by atoms with van der Waals surface area (Å²) in [6, 6.07) is 2.17. The van der Waals surface area contributed by atoms with Crippen molar-refractivity contribution in [1.29, 1.82) is 0 Å². The molecule has 0 bridgehead atoms.